The number of carbonyl (C=O) groups excluding carboxylic acids is 3. The molecule has 2 heterocycles. The van der Waals surface area contributed by atoms with Crippen LogP contribution in [-0.4, -0.2) is 34.5 Å². The Labute approximate surface area is 185 Å². The second-order valence-electron chi connectivity index (χ2n) is 12.0. The average molecular weight is 461 g/mol. The van der Waals surface area contributed by atoms with E-state index in [0.717, 1.165) is 25.7 Å². The molecule has 6 fully saturated rings. The van der Waals surface area contributed by atoms with Crippen LogP contribution >= 0.6 is 0 Å². The van der Waals surface area contributed by atoms with E-state index in [1.807, 2.05) is 0 Å². The standard InChI is InChI=1S/C23H32O6Si2/c1-10-17-11-6-13(19(17)22(25)27-10)15(8-11)30(2,3)29-31(4,5)16-9-12-7-14(16)20-18(12)21(24)28-23(20)26/h11-20H,1,6-9H2,2-5H3. The van der Waals surface area contributed by atoms with Crippen LogP contribution in [-0.2, 0) is 28.0 Å². The van der Waals surface area contributed by atoms with Crippen molar-refractivity contribution in [3.8, 4) is 0 Å². The van der Waals surface area contributed by atoms with Crippen molar-refractivity contribution in [2.24, 2.45) is 47.3 Å². The van der Waals surface area contributed by atoms with E-state index in [4.69, 9.17) is 13.6 Å². The minimum absolute atomic E-state index is 0.0149. The Morgan fingerprint density at radius 2 is 1.16 bits per heavy atom. The number of allylic oxidation sites excluding steroid dienone is 1. The van der Waals surface area contributed by atoms with Gasteiger partial charge >= 0.3 is 17.9 Å². The summed E-state index contributed by atoms with van der Waals surface area (Å²) in [5, 5.41) is 0. The van der Waals surface area contributed by atoms with E-state index in [9.17, 15) is 14.4 Å². The van der Waals surface area contributed by atoms with Gasteiger partial charge in [-0.05, 0) is 86.6 Å². The fourth-order valence-corrected chi connectivity index (χ4v) is 20.2. The van der Waals surface area contributed by atoms with Crippen LogP contribution in [0.1, 0.15) is 25.7 Å². The molecule has 2 aliphatic heterocycles. The number of esters is 3. The van der Waals surface area contributed by atoms with E-state index >= 15 is 0 Å². The Kier molecular flexibility index (Phi) is 4.07. The first-order valence-electron chi connectivity index (χ1n) is 11.9. The molecular weight excluding hydrogens is 428 g/mol. The highest BCUT2D eigenvalue weighted by Crippen LogP contribution is 2.66. The number of hydrogen-bond acceptors (Lipinski definition) is 6. The molecule has 2 saturated heterocycles. The van der Waals surface area contributed by atoms with Crippen molar-refractivity contribution in [1.82, 2.24) is 0 Å². The molecule has 6 rings (SSSR count). The van der Waals surface area contributed by atoms with Crippen molar-refractivity contribution in [2.75, 3.05) is 0 Å². The van der Waals surface area contributed by atoms with E-state index in [2.05, 4.69) is 32.8 Å². The Morgan fingerprint density at radius 1 is 0.710 bits per heavy atom. The van der Waals surface area contributed by atoms with Crippen molar-refractivity contribution in [2.45, 2.75) is 63.0 Å². The molecule has 10 atom stereocenters. The molecular formula is C23H32O6Si2. The first kappa shape index (κ1) is 20.4. The van der Waals surface area contributed by atoms with Crippen LogP contribution in [0.15, 0.2) is 12.3 Å². The minimum Gasteiger partial charge on any atom is -0.455 e. The lowest BCUT2D eigenvalue weighted by Gasteiger charge is -2.46. The van der Waals surface area contributed by atoms with Crippen LogP contribution < -0.4 is 0 Å². The SMILES string of the molecule is C=C1OC(=O)C2C3CC(CC3[Si](C)(C)O[Si](C)(C)C3CC4CC3C3C(=O)OC(=O)C43)C12. The van der Waals surface area contributed by atoms with Gasteiger partial charge in [0.15, 0.2) is 16.6 Å². The zero-order valence-electron chi connectivity index (χ0n) is 18.8. The highest BCUT2D eigenvalue weighted by molar-refractivity contribution is 6.86. The maximum Gasteiger partial charge on any atom is 0.317 e. The van der Waals surface area contributed by atoms with Gasteiger partial charge in [-0.2, -0.15) is 0 Å². The van der Waals surface area contributed by atoms with Crippen LogP contribution in [0.3, 0.4) is 0 Å². The molecule has 0 aromatic rings. The predicted octanol–water partition coefficient (Wildman–Crippen LogP) is 3.85. The van der Waals surface area contributed by atoms with E-state index in [0.29, 0.717) is 28.7 Å². The summed E-state index contributed by atoms with van der Waals surface area (Å²) in [4.78, 5) is 37.0. The van der Waals surface area contributed by atoms with Gasteiger partial charge in [0.2, 0.25) is 0 Å². The summed E-state index contributed by atoms with van der Waals surface area (Å²) >= 11 is 0. The Morgan fingerprint density at radius 3 is 1.74 bits per heavy atom. The zero-order valence-corrected chi connectivity index (χ0v) is 20.8. The largest absolute Gasteiger partial charge is 0.455 e. The highest BCUT2D eigenvalue weighted by Gasteiger charge is 2.67. The average Bonchev–Trinajstić information content (AvgIpc) is 3.46. The lowest BCUT2D eigenvalue weighted by molar-refractivity contribution is -0.154. The van der Waals surface area contributed by atoms with Crippen molar-refractivity contribution in [3.05, 3.63) is 12.3 Å². The first-order valence-corrected chi connectivity index (χ1v) is 17.8. The number of hydrogen-bond donors (Lipinski definition) is 0. The lowest BCUT2D eigenvalue weighted by Crippen LogP contribution is -2.53. The van der Waals surface area contributed by atoms with Crippen LogP contribution in [0, 0.1) is 47.3 Å². The minimum atomic E-state index is -2.12. The van der Waals surface area contributed by atoms with E-state index in [1.165, 1.54) is 0 Å². The fraction of sp³-hybridized carbons (Fsp3) is 0.783. The predicted molar refractivity (Wildman–Crippen MR) is 116 cm³/mol. The Bertz CT molecular complexity index is 840. The van der Waals surface area contributed by atoms with E-state index in [-0.39, 0.29) is 53.4 Å². The second-order valence-corrected chi connectivity index (χ2v) is 20.8. The van der Waals surface area contributed by atoms with Gasteiger partial charge in [0.05, 0.1) is 17.8 Å². The first-order chi connectivity index (χ1) is 14.5. The number of fused-ring (bicyclic) bond motifs is 10. The molecule has 10 unspecified atom stereocenters. The summed E-state index contributed by atoms with van der Waals surface area (Å²) in [6.07, 6.45) is 4.18. The normalized spacial score (nSPS) is 47.7. The fourth-order valence-electron chi connectivity index (χ4n) is 9.09. The number of rotatable bonds is 4. The summed E-state index contributed by atoms with van der Waals surface area (Å²) in [7, 11) is -4.21. The summed E-state index contributed by atoms with van der Waals surface area (Å²) in [6, 6.07) is 0. The third kappa shape index (κ3) is 2.61. The third-order valence-electron chi connectivity index (χ3n) is 9.94. The van der Waals surface area contributed by atoms with Gasteiger partial charge in [0.1, 0.15) is 5.76 Å². The lowest BCUT2D eigenvalue weighted by atomic mass is 9.80. The van der Waals surface area contributed by atoms with Gasteiger partial charge in [0, 0.05) is 5.92 Å². The smallest absolute Gasteiger partial charge is 0.317 e. The van der Waals surface area contributed by atoms with Crippen LogP contribution in [0.25, 0.3) is 0 Å². The molecule has 4 aliphatic carbocycles. The van der Waals surface area contributed by atoms with Crippen LogP contribution in [0.4, 0.5) is 0 Å². The van der Waals surface area contributed by atoms with Gasteiger partial charge in [-0.15, -0.1) is 0 Å². The van der Waals surface area contributed by atoms with Crippen LogP contribution in [0.5, 0.6) is 0 Å². The summed E-state index contributed by atoms with van der Waals surface area (Å²) in [5.74, 6) is 1.16. The van der Waals surface area contributed by atoms with Gasteiger partial charge in [0.25, 0.3) is 0 Å². The molecule has 6 nitrogen and oxygen atoms in total. The molecule has 0 amide bonds. The summed E-state index contributed by atoms with van der Waals surface area (Å²) in [5.41, 5.74) is 0.861. The van der Waals surface area contributed by atoms with Gasteiger partial charge < -0.3 is 13.6 Å². The molecule has 0 radical (unpaired) electrons. The topological polar surface area (TPSA) is 78.9 Å². The van der Waals surface area contributed by atoms with Crippen molar-refractivity contribution in [3.63, 3.8) is 0 Å². The molecule has 8 heteroatoms. The Hall–Kier alpha value is -1.26. The quantitative estimate of drug-likeness (QED) is 0.360. The van der Waals surface area contributed by atoms with Gasteiger partial charge in [-0.3, -0.25) is 14.4 Å². The molecule has 0 aromatic carbocycles. The molecule has 31 heavy (non-hydrogen) atoms. The number of carbonyl (C=O) groups is 3. The van der Waals surface area contributed by atoms with E-state index < -0.39 is 16.6 Å². The number of cyclic esters (lactones) is 3. The number of ether oxygens (including phenoxy) is 2. The second kappa shape index (κ2) is 6.20. The molecule has 6 aliphatic rings. The van der Waals surface area contributed by atoms with Crippen LogP contribution in [0.2, 0.25) is 37.3 Å². The Balaban J connectivity index is 1.21. The summed E-state index contributed by atoms with van der Waals surface area (Å²) < 4.78 is 17.6. The van der Waals surface area contributed by atoms with Gasteiger partial charge in [-0.25, -0.2) is 0 Å². The molecule has 0 aromatic heterocycles. The molecule has 4 saturated carbocycles. The summed E-state index contributed by atoms with van der Waals surface area (Å²) in [6.45, 7) is 13.3. The molecule has 168 valence electrons. The van der Waals surface area contributed by atoms with Crippen molar-refractivity contribution in [1.29, 1.82) is 0 Å². The molecule has 4 bridgehead atoms. The highest BCUT2D eigenvalue weighted by atomic mass is 28.4. The molecule has 0 N–H and O–H groups in total. The maximum absolute atomic E-state index is 12.5. The maximum atomic E-state index is 12.5. The van der Waals surface area contributed by atoms with Crippen molar-refractivity contribution >= 4 is 34.5 Å². The molecule has 0 spiro atoms. The zero-order chi connectivity index (χ0) is 22.0. The third-order valence-corrected chi connectivity index (χ3v) is 19.1. The van der Waals surface area contributed by atoms with Crippen molar-refractivity contribution < 1.29 is 28.0 Å². The monoisotopic (exact) mass is 460 g/mol. The van der Waals surface area contributed by atoms with Gasteiger partial charge in [-0.1, -0.05) is 6.58 Å². The van der Waals surface area contributed by atoms with E-state index in [1.54, 1.807) is 0 Å².